The summed E-state index contributed by atoms with van der Waals surface area (Å²) in [7, 11) is -7.23. The molecule has 0 saturated carbocycles. The number of nitrogens with one attached hydrogen (secondary N) is 1. The van der Waals surface area contributed by atoms with Gasteiger partial charge in [0.15, 0.2) is 9.84 Å². The predicted molar refractivity (Wildman–Crippen MR) is 142 cm³/mol. The maximum absolute atomic E-state index is 14.0. The van der Waals surface area contributed by atoms with Crippen LogP contribution in [0, 0.1) is 12.0 Å². The van der Waals surface area contributed by atoms with Crippen molar-refractivity contribution in [2.45, 2.75) is 43.9 Å². The monoisotopic (exact) mass is 606 g/mol. The zero-order chi connectivity index (χ0) is 29.0. The summed E-state index contributed by atoms with van der Waals surface area (Å²) in [5.41, 5.74) is -1.02. The summed E-state index contributed by atoms with van der Waals surface area (Å²) >= 11 is 5.98. The molecule has 1 aliphatic rings. The van der Waals surface area contributed by atoms with Crippen LogP contribution in [0.3, 0.4) is 0 Å². The first-order chi connectivity index (χ1) is 18.1. The Morgan fingerprint density at radius 1 is 1.15 bits per heavy atom. The van der Waals surface area contributed by atoms with Gasteiger partial charge >= 0.3 is 22.3 Å². The van der Waals surface area contributed by atoms with Gasteiger partial charge in [0.25, 0.3) is 5.91 Å². The van der Waals surface area contributed by atoms with E-state index in [0.29, 0.717) is 25.9 Å². The van der Waals surface area contributed by atoms with Crippen LogP contribution in [0.5, 0.6) is 0 Å². The van der Waals surface area contributed by atoms with Gasteiger partial charge in [0, 0.05) is 30.2 Å². The summed E-state index contributed by atoms with van der Waals surface area (Å²) in [6.45, 7) is 1.96. The molecule has 1 N–H and O–H groups in total. The van der Waals surface area contributed by atoms with E-state index in [9.17, 15) is 34.8 Å². The number of amides is 1. The molecule has 39 heavy (non-hydrogen) atoms. The minimum Gasteiger partial charge on any atom is -0.348 e. The average molecular weight is 607 g/mol. The molecule has 2 aromatic rings. The SMILES string of the molecule is CCS(=O)(=O)c1ccc(Cl)cc1CNC(=O)c1ccc(CN2CCCC(C#[N+]S(C)(=O)=O)C2)c(C(F)(F)F)c1. The number of hydrogen-bond donors (Lipinski definition) is 1. The highest BCUT2D eigenvalue weighted by atomic mass is 35.5. The molecule has 14 heteroatoms. The molecule has 1 saturated heterocycles. The number of alkyl halides is 3. The van der Waals surface area contributed by atoms with Crippen molar-refractivity contribution < 1.29 is 34.8 Å². The van der Waals surface area contributed by atoms with Gasteiger partial charge in [-0.3, -0.25) is 9.69 Å². The van der Waals surface area contributed by atoms with Crippen molar-refractivity contribution in [3.05, 3.63) is 67.9 Å². The number of nitrogens with zero attached hydrogens (tertiary/aromatic N) is 2. The second-order valence-electron chi connectivity index (χ2n) is 9.24. The molecule has 0 spiro atoms. The number of carbonyl (C=O) groups excluding carboxylic acids is 1. The van der Waals surface area contributed by atoms with E-state index < -0.39 is 37.5 Å². The maximum Gasteiger partial charge on any atom is 0.476 e. The lowest BCUT2D eigenvalue weighted by molar-refractivity contribution is -0.138. The Balaban J connectivity index is 1.80. The number of halogens is 4. The van der Waals surface area contributed by atoms with Crippen molar-refractivity contribution >= 4 is 37.4 Å². The molecule has 1 atom stereocenters. The fraction of sp³-hybridized carbons (Fsp3) is 0.440. The minimum atomic E-state index is -4.74. The van der Waals surface area contributed by atoms with Crippen LogP contribution in [0.2, 0.25) is 5.02 Å². The maximum atomic E-state index is 14.0. The van der Waals surface area contributed by atoms with Gasteiger partial charge in [0.1, 0.15) is 12.2 Å². The van der Waals surface area contributed by atoms with E-state index in [1.807, 2.05) is 0 Å². The fourth-order valence-corrected chi connectivity index (χ4v) is 5.91. The number of carbonyl (C=O) groups is 1. The van der Waals surface area contributed by atoms with Crippen LogP contribution in [-0.2, 0) is 39.1 Å². The van der Waals surface area contributed by atoms with E-state index in [1.54, 1.807) is 4.90 Å². The van der Waals surface area contributed by atoms with Crippen LogP contribution in [-0.4, -0.2) is 52.7 Å². The van der Waals surface area contributed by atoms with Gasteiger partial charge in [-0.05, 0) is 60.8 Å². The van der Waals surface area contributed by atoms with E-state index in [-0.39, 0.29) is 51.4 Å². The predicted octanol–water partition coefficient (Wildman–Crippen LogP) is 4.59. The van der Waals surface area contributed by atoms with Crippen LogP contribution in [0.15, 0.2) is 41.3 Å². The number of likely N-dealkylation sites (tertiary alicyclic amines) is 1. The van der Waals surface area contributed by atoms with Gasteiger partial charge in [-0.1, -0.05) is 24.6 Å². The first-order valence-electron chi connectivity index (χ1n) is 12.0. The number of sulfonamides is 1. The van der Waals surface area contributed by atoms with E-state index in [4.69, 9.17) is 11.6 Å². The van der Waals surface area contributed by atoms with Crippen LogP contribution in [0.1, 0.15) is 46.8 Å². The molecule has 0 aromatic heterocycles. The molecule has 8 nitrogen and oxygen atoms in total. The van der Waals surface area contributed by atoms with E-state index in [1.165, 1.54) is 37.3 Å². The first-order valence-corrected chi connectivity index (χ1v) is 15.9. The minimum absolute atomic E-state index is 0.0142. The molecular weight excluding hydrogens is 579 g/mol. The second-order valence-corrected chi connectivity index (χ2v) is 13.6. The van der Waals surface area contributed by atoms with Crippen molar-refractivity contribution in [1.82, 2.24) is 10.2 Å². The van der Waals surface area contributed by atoms with Crippen molar-refractivity contribution in [1.29, 1.82) is 0 Å². The number of sulfone groups is 1. The molecule has 1 amide bonds. The summed E-state index contributed by atoms with van der Waals surface area (Å²) in [6.07, 6.45) is -2.54. The summed E-state index contributed by atoms with van der Waals surface area (Å²) in [5.74, 6) is -1.32. The summed E-state index contributed by atoms with van der Waals surface area (Å²) in [6, 6.07) is 9.98. The Labute approximate surface area is 230 Å². The normalized spacial score (nSPS) is 16.8. The van der Waals surface area contributed by atoms with Crippen LogP contribution < -0.4 is 5.32 Å². The Morgan fingerprint density at radius 3 is 2.51 bits per heavy atom. The highest BCUT2D eigenvalue weighted by Gasteiger charge is 2.35. The lowest BCUT2D eigenvalue weighted by atomic mass is 9.97. The van der Waals surface area contributed by atoms with E-state index in [0.717, 1.165) is 12.3 Å². The highest BCUT2D eigenvalue weighted by molar-refractivity contribution is 7.92. The van der Waals surface area contributed by atoms with Gasteiger partial charge in [0.2, 0.25) is 0 Å². The third kappa shape index (κ3) is 8.66. The van der Waals surface area contributed by atoms with Crippen molar-refractivity contribution in [2.24, 2.45) is 5.92 Å². The molecular formula is C25H28ClF3N3O5S2+. The smallest absolute Gasteiger partial charge is 0.348 e. The molecule has 2 aromatic carbocycles. The molecule has 1 fully saturated rings. The van der Waals surface area contributed by atoms with Gasteiger partial charge in [-0.15, -0.1) is 8.42 Å². The number of piperidine rings is 1. The molecule has 212 valence electrons. The zero-order valence-electron chi connectivity index (χ0n) is 21.3. The number of hydrogen-bond acceptors (Lipinski definition) is 6. The molecule has 1 unspecified atom stereocenters. The lowest BCUT2D eigenvalue weighted by Gasteiger charge is -2.29. The summed E-state index contributed by atoms with van der Waals surface area (Å²) in [4.78, 5) is 14.5. The Bertz CT molecular complexity index is 1520. The molecule has 0 radical (unpaired) electrons. The standard InChI is InChI=1S/C25H27ClF3N3O5S2/c1-3-39(36,37)23-9-8-21(26)11-20(23)14-30-24(33)18-6-7-19(22(12-18)25(27,28)29)16-32-10-4-5-17(15-32)13-31-38(2,34)35/h6-9,11-12,17H,3-5,10,14-16H2,1-2H3/p+1. The van der Waals surface area contributed by atoms with Gasteiger partial charge < -0.3 is 5.32 Å². The van der Waals surface area contributed by atoms with Crippen LogP contribution in [0.4, 0.5) is 13.2 Å². The third-order valence-corrected chi connectivity index (χ3v) is 8.66. The largest absolute Gasteiger partial charge is 0.476 e. The summed E-state index contributed by atoms with van der Waals surface area (Å²) < 4.78 is 92.6. The van der Waals surface area contributed by atoms with Gasteiger partial charge in [0.05, 0.1) is 20.5 Å². The second kappa shape index (κ2) is 12.2. The molecule has 1 aliphatic heterocycles. The quantitative estimate of drug-likeness (QED) is 0.494. The molecule has 1 heterocycles. The fourth-order valence-electron chi connectivity index (χ4n) is 4.26. The van der Waals surface area contributed by atoms with Gasteiger partial charge in [-0.25, -0.2) is 8.42 Å². The van der Waals surface area contributed by atoms with Crippen LogP contribution in [0.25, 0.3) is 4.25 Å². The van der Waals surface area contributed by atoms with E-state index >= 15 is 0 Å². The molecule has 3 rings (SSSR count). The third-order valence-electron chi connectivity index (χ3n) is 6.16. The van der Waals surface area contributed by atoms with Crippen molar-refractivity contribution in [3.63, 3.8) is 0 Å². The number of benzene rings is 2. The lowest BCUT2D eigenvalue weighted by Crippen LogP contribution is -2.35. The topological polar surface area (TPSA) is 105 Å². The zero-order valence-corrected chi connectivity index (χ0v) is 23.6. The van der Waals surface area contributed by atoms with Crippen LogP contribution >= 0.6 is 11.6 Å². The Kier molecular flexibility index (Phi) is 9.69. The Morgan fingerprint density at radius 2 is 1.87 bits per heavy atom. The summed E-state index contributed by atoms with van der Waals surface area (Å²) in [5, 5.41) is 2.73. The highest BCUT2D eigenvalue weighted by Crippen LogP contribution is 2.34. The van der Waals surface area contributed by atoms with Crippen molar-refractivity contribution in [3.8, 4) is 6.07 Å². The molecule has 0 bridgehead atoms. The average Bonchev–Trinajstić information content (AvgIpc) is 2.85. The first kappa shape index (κ1) is 30.9. The van der Waals surface area contributed by atoms with E-state index in [2.05, 4.69) is 15.6 Å². The van der Waals surface area contributed by atoms with Gasteiger partial charge in [-0.2, -0.15) is 13.2 Å². The van der Waals surface area contributed by atoms with Crippen molar-refractivity contribution in [2.75, 3.05) is 25.1 Å². The number of rotatable bonds is 7. The molecule has 0 aliphatic carbocycles. The Hall–Kier alpha value is -2.66.